The second-order valence-electron chi connectivity index (χ2n) is 6.72. The molecule has 1 aliphatic rings. The Hall–Kier alpha value is -3.11. The van der Waals surface area contributed by atoms with Gasteiger partial charge in [0.05, 0.1) is 10.6 Å². The summed E-state index contributed by atoms with van der Waals surface area (Å²) >= 11 is 6.97. The number of nitro benzene ring substituents is 1. The van der Waals surface area contributed by atoms with Crippen molar-refractivity contribution in [3.8, 4) is 11.3 Å². The molecule has 1 N–H and O–H groups in total. The van der Waals surface area contributed by atoms with Crippen molar-refractivity contribution in [1.29, 1.82) is 0 Å². The number of nitrogens with zero attached hydrogens (tertiary/aromatic N) is 4. The molecular formula is C20H18FN5O2S2. The molecule has 0 aliphatic carbocycles. The average molecular weight is 444 g/mol. The standard InChI is InChI=1S/C20H18FN5O2S2/c21-15-3-7-16(8-4-15)24-9-11-25(12-10-24)20(29)23-19-22-18(13-30-19)14-1-5-17(6-2-14)26(27)28/h1-8,13H,9-12H2,(H,22,23,29). The third-order valence-corrected chi connectivity index (χ3v) is 5.97. The normalized spacial score (nSPS) is 13.9. The highest BCUT2D eigenvalue weighted by Crippen LogP contribution is 2.27. The first kappa shape index (κ1) is 20.2. The fourth-order valence-electron chi connectivity index (χ4n) is 3.21. The predicted octanol–water partition coefficient (Wildman–Crippen LogP) is 4.38. The molecule has 0 bridgehead atoms. The summed E-state index contributed by atoms with van der Waals surface area (Å²) in [5, 5.41) is 17.1. The van der Waals surface area contributed by atoms with E-state index < -0.39 is 4.92 Å². The van der Waals surface area contributed by atoms with E-state index in [0.717, 1.165) is 43.1 Å². The smallest absolute Gasteiger partial charge is 0.269 e. The molecule has 1 aromatic heterocycles. The first-order valence-electron chi connectivity index (χ1n) is 9.26. The molecule has 30 heavy (non-hydrogen) atoms. The maximum absolute atomic E-state index is 13.1. The SMILES string of the molecule is O=[N+]([O-])c1ccc(-c2csc(NC(=S)N3CCN(c4ccc(F)cc4)CC3)n2)cc1. The third-order valence-electron chi connectivity index (χ3n) is 4.85. The zero-order valence-electron chi connectivity index (χ0n) is 15.8. The van der Waals surface area contributed by atoms with Crippen molar-refractivity contribution in [2.45, 2.75) is 0 Å². The molecule has 4 rings (SSSR count). The van der Waals surface area contributed by atoms with Crippen LogP contribution in [-0.2, 0) is 0 Å². The van der Waals surface area contributed by atoms with Gasteiger partial charge in [0, 0.05) is 54.9 Å². The monoisotopic (exact) mass is 443 g/mol. The number of halogens is 1. The summed E-state index contributed by atoms with van der Waals surface area (Å²) in [6.45, 7) is 3.09. The van der Waals surface area contributed by atoms with Gasteiger partial charge in [-0.1, -0.05) is 0 Å². The highest BCUT2D eigenvalue weighted by Gasteiger charge is 2.20. The molecule has 10 heteroatoms. The number of aromatic nitrogens is 1. The number of thiazole rings is 1. The van der Waals surface area contributed by atoms with Crippen molar-refractivity contribution in [3.63, 3.8) is 0 Å². The molecule has 154 valence electrons. The van der Waals surface area contributed by atoms with Gasteiger partial charge >= 0.3 is 0 Å². The minimum atomic E-state index is -0.425. The second-order valence-corrected chi connectivity index (χ2v) is 7.97. The Morgan fingerprint density at radius 2 is 1.77 bits per heavy atom. The summed E-state index contributed by atoms with van der Waals surface area (Å²) in [5.74, 6) is -0.237. The van der Waals surface area contributed by atoms with Crippen LogP contribution in [0.5, 0.6) is 0 Å². The van der Waals surface area contributed by atoms with E-state index in [1.54, 1.807) is 24.3 Å². The number of rotatable bonds is 4. The van der Waals surface area contributed by atoms with Gasteiger partial charge in [-0.2, -0.15) is 0 Å². The molecule has 0 atom stereocenters. The van der Waals surface area contributed by atoms with Gasteiger partial charge in [-0.05, 0) is 48.6 Å². The fraction of sp³-hybridized carbons (Fsp3) is 0.200. The van der Waals surface area contributed by atoms with E-state index in [2.05, 4.69) is 20.1 Å². The number of benzene rings is 2. The third kappa shape index (κ3) is 4.55. The van der Waals surface area contributed by atoms with E-state index in [1.807, 2.05) is 5.38 Å². The Kier molecular flexibility index (Phi) is 5.86. The van der Waals surface area contributed by atoms with Crippen LogP contribution in [0.2, 0.25) is 0 Å². The van der Waals surface area contributed by atoms with Crippen molar-refractivity contribution in [2.24, 2.45) is 0 Å². The first-order chi connectivity index (χ1) is 14.5. The molecule has 0 unspecified atom stereocenters. The summed E-state index contributed by atoms with van der Waals surface area (Å²) in [6.07, 6.45) is 0. The lowest BCUT2D eigenvalue weighted by Crippen LogP contribution is -2.50. The van der Waals surface area contributed by atoms with Gasteiger partial charge in [0.1, 0.15) is 5.82 Å². The van der Waals surface area contributed by atoms with Crippen LogP contribution in [0.4, 0.5) is 20.9 Å². The Labute approximate surface area is 181 Å². The number of nitrogens with one attached hydrogen (secondary N) is 1. The van der Waals surface area contributed by atoms with Crippen molar-refractivity contribution in [3.05, 3.63) is 69.8 Å². The molecule has 0 spiro atoms. The minimum Gasteiger partial charge on any atom is -0.368 e. The van der Waals surface area contributed by atoms with Gasteiger partial charge in [0.2, 0.25) is 0 Å². The van der Waals surface area contributed by atoms with E-state index in [9.17, 15) is 14.5 Å². The number of piperazine rings is 1. The molecule has 0 amide bonds. The minimum absolute atomic E-state index is 0.0493. The topological polar surface area (TPSA) is 74.5 Å². The van der Waals surface area contributed by atoms with E-state index in [0.29, 0.717) is 10.2 Å². The second kappa shape index (κ2) is 8.72. The van der Waals surface area contributed by atoms with Gasteiger partial charge in [-0.3, -0.25) is 10.1 Å². The van der Waals surface area contributed by atoms with Gasteiger partial charge in [0.15, 0.2) is 10.2 Å². The Balaban J connectivity index is 1.33. The van der Waals surface area contributed by atoms with Crippen LogP contribution in [0, 0.1) is 15.9 Å². The molecular weight excluding hydrogens is 425 g/mol. The molecule has 2 heterocycles. The zero-order chi connectivity index (χ0) is 21.1. The average Bonchev–Trinajstić information content (AvgIpc) is 3.23. The van der Waals surface area contributed by atoms with Crippen LogP contribution in [0.15, 0.2) is 53.9 Å². The Morgan fingerprint density at radius 1 is 1.10 bits per heavy atom. The van der Waals surface area contributed by atoms with Crippen molar-refractivity contribution in [1.82, 2.24) is 9.88 Å². The molecule has 2 aromatic carbocycles. The zero-order valence-corrected chi connectivity index (χ0v) is 17.5. The van der Waals surface area contributed by atoms with Gasteiger partial charge in [-0.25, -0.2) is 9.37 Å². The summed E-state index contributed by atoms with van der Waals surface area (Å²) in [7, 11) is 0. The van der Waals surface area contributed by atoms with Crippen LogP contribution >= 0.6 is 23.6 Å². The number of thiocarbonyl (C=S) groups is 1. The molecule has 0 saturated carbocycles. The van der Waals surface area contributed by atoms with Gasteiger partial charge in [0.25, 0.3) is 5.69 Å². The van der Waals surface area contributed by atoms with E-state index in [-0.39, 0.29) is 11.5 Å². The number of anilines is 2. The number of non-ortho nitro benzene ring substituents is 1. The molecule has 0 radical (unpaired) electrons. The largest absolute Gasteiger partial charge is 0.368 e. The molecule has 7 nitrogen and oxygen atoms in total. The fourth-order valence-corrected chi connectivity index (χ4v) is 4.27. The molecule has 1 saturated heterocycles. The molecule has 3 aromatic rings. The van der Waals surface area contributed by atoms with E-state index in [1.165, 1.54) is 35.6 Å². The van der Waals surface area contributed by atoms with Crippen LogP contribution in [0.1, 0.15) is 0 Å². The lowest BCUT2D eigenvalue weighted by Gasteiger charge is -2.37. The van der Waals surface area contributed by atoms with E-state index >= 15 is 0 Å². The summed E-state index contributed by atoms with van der Waals surface area (Å²) in [6, 6.07) is 12.8. The van der Waals surface area contributed by atoms with Gasteiger partial charge in [-0.15, -0.1) is 11.3 Å². The lowest BCUT2D eigenvalue weighted by atomic mass is 10.1. The number of nitro groups is 1. The van der Waals surface area contributed by atoms with Crippen LogP contribution in [0.25, 0.3) is 11.3 Å². The van der Waals surface area contributed by atoms with Crippen LogP contribution < -0.4 is 10.2 Å². The van der Waals surface area contributed by atoms with Gasteiger partial charge < -0.3 is 15.1 Å². The summed E-state index contributed by atoms with van der Waals surface area (Å²) in [4.78, 5) is 19.2. The summed E-state index contributed by atoms with van der Waals surface area (Å²) < 4.78 is 13.1. The van der Waals surface area contributed by atoms with Crippen molar-refractivity contribution in [2.75, 3.05) is 36.4 Å². The molecule has 1 aliphatic heterocycles. The predicted molar refractivity (Wildman–Crippen MR) is 121 cm³/mol. The highest BCUT2D eigenvalue weighted by molar-refractivity contribution is 7.80. The van der Waals surface area contributed by atoms with E-state index in [4.69, 9.17) is 12.2 Å². The van der Waals surface area contributed by atoms with Crippen LogP contribution in [0.3, 0.4) is 0 Å². The summed E-state index contributed by atoms with van der Waals surface area (Å²) in [5.41, 5.74) is 2.60. The Bertz CT molecular complexity index is 1050. The quantitative estimate of drug-likeness (QED) is 0.364. The highest BCUT2D eigenvalue weighted by atomic mass is 32.1. The number of hydrogen-bond donors (Lipinski definition) is 1. The van der Waals surface area contributed by atoms with Crippen LogP contribution in [-0.4, -0.2) is 46.1 Å². The molecule has 1 fully saturated rings. The number of hydrogen-bond acceptors (Lipinski definition) is 6. The first-order valence-corrected chi connectivity index (χ1v) is 10.6. The maximum atomic E-state index is 13.1. The van der Waals surface area contributed by atoms with Crippen molar-refractivity contribution < 1.29 is 9.31 Å². The maximum Gasteiger partial charge on any atom is 0.269 e. The lowest BCUT2D eigenvalue weighted by molar-refractivity contribution is -0.384. The Morgan fingerprint density at radius 3 is 2.40 bits per heavy atom. The van der Waals surface area contributed by atoms with Crippen molar-refractivity contribution >= 4 is 45.2 Å².